The molecular formula is C13H8Cl2O. The molecule has 0 N–H and O–H groups in total. The fourth-order valence-corrected chi connectivity index (χ4v) is 1.89. The predicted octanol–water partition coefficient (Wildman–Crippen LogP) is 4.47. The highest BCUT2D eigenvalue weighted by Crippen LogP contribution is 2.29. The summed E-state index contributed by atoms with van der Waals surface area (Å²) in [6.45, 7) is 0. The van der Waals surface area contributed by atoms with Gasteiger partial charge in [0.25, 0.3) is 0 Å². The zero-order chi connectivity index (χ0) is 11.5. The van der Waals surface area contributed by atoms with Gasteiger partial charge in [0.2, 0.25) is 0 Å². The molecule has 0 fully saturated rings. The van der Waals surface area contributed by atoms with E-state index in [1.165, 1.54) is 0 Å². The molecule has 2 aromatic rings. The van der Waals surface area contributed by atoms with Crippen molar-refractivity contribution >= 4 is 29.5 Å². The van der Waals surface area contributed by atoms with E-state index in [-0.39, 0.29) is 0 Å². The number of carbonyl (C=O) groups is 1. The molecule has 1 nitrogen and oxygen atoms in total. The van der Waals surface area contributed by atoms with Gasteiger partial charge in [-0.2, -0.15) is 0 Å². The second-order valence-corrected chi connectivity index (χ2v) is 4.21. The largest absolute Gasteiger partial charge is 0.298 e. The zero-order valence-electron chi connectivity index (χ0n) is 8.28. The van der Waals surface area contributed by atoms with Crippen LogP contribution in [0.2, 0.25) is 10.0 Å². The van der Waals surface area contributed by atoms with Crippen LogP contribution in [0, 0.1) is 0 Å². The van der Waals surface area contributed by atoms with Crippen molar-refractivity contribution in [2.75, 3.05) is 0 Å². The van der Waals surface area contributed by atoms with E-state index >= 15 is 0 Å². The quantitative estimate of drug-likeness (QED) is 0.719. The lowest BCUT2D eigenvalue weighted by Crippen LogP contribution is -1.83. The summed E-state index contributed by atoms with van der Waals surface area (Å²) < 4.78 is 0. The van der Waals surface area contributed by atoms with Crippen LogP contribution in [-0.4, -0.2) is 6.29 Å². The average Bonchev–Trinajstić information content (AvgIpc) is 2.30. The number of rotatable bonds is 2. The topological polar surface area (TPSA) is 17.1 Å². The van der Waals surface area contributed by atoms with Crippen LogP contribution >= 0.6 is 23.2 Å². The standard InChI is InChI=1S/C13H8Cl2O/c14-11-4-2-10(3-5-11)12-6-1-9(8-16)7-13(12)15/h1-8H. The Morgan fingerprint density at radius 3 is 2.19 bits per heavy atom. The van der Waals surface area contributed by atoms with E-state index in [4.69, 9.17) is 23.2 Å². The summed E-state index contributed by atoms with van der Waals surface area (Å²) in [7, 11) is 0. The van der Waals surface area contributed by atoms with Gasteiger partial charge in [0.1, 0.15) is 6.29 Å². The van der Waals surface area contributed by atoms with E-state index in [0.29, 0.717) is 15.6 Å². The maximum Gasteiger partial charge on any atom is 0.150 e. The molecule has 2 rings (SSSR count). The number of halogens is 2. The monoisotopic (exact) mass is 250 g/mol. The molecule has 16 heavy (non-hydrogen) atoms. The Bertz CT molecular complexity index is 518. The summed E-state index contributed by atoms with van der Waals surface area (Å²) in [6.07, 6.45) is 0.775. The number of carbonyl (C=O) groups excluding carboxylic acids is 1. The van der Waals surface area contributed by atoms with E-state index in [2.05, 4.69) is 0 Å². The molecule has 0 atom stereocenters. The van der Waals surface area contributed by atoms with E-state index < -0.39 is 0 Å². The number of hydrogen-bond donors (Lipinski definition) is 0. The summed E-state index contributed by atoms with van der Waals surface area (Å²) >= 11 is 11.9. The van der Waals surface area contributed by atoms with Crippen molar-refractivity contribution in [3.63, 3.8) is 0 Å². The maximum atomic E-state index is 10.6. The summed E-state index contributed by atoms with van der Waals surface area (Å²) in [4.78, 5) is 10.6. The van der Waals surface area contributed by atoms with Gasteiger partial charge in [-0.1, -0.05) is 47.5 Å². The van der Waals surface area contributed by atoms with Crippen molar-refractivity contribution < 1.29 is 4.79 Å². The van der Waals surface area contributed by atoms with Crippen LogP contribution in [0.3, 0.4) is 0 Å². The third-order valence-corrected chi connectivity index (χ3v) is 2.85. The highest BCUT2D eigenvalue weighted by Gasteiger charge is 2.04. The highest BCUT2D eigenvalue weighted by atomic mass is 35.5. The van der Waals surface area contributed by atoms with Crippen LogP contribution in [0.15, 0.2) is 42.5 Å². The third kappa shape index (κ3) is 2.26. The highest BCUT2D eigenvalue weighted by molar-refractivity contribution is 6.33. The lowest BCUT2D eigenvalue weighted by molar-refractivity contribution is 0.112. The third-order valence-electron chi connectivity index (χ3n) is 2.28. The van der Waals surface area contributed by atoms with Crippen LogP contribution < -0.4 is 0 Å². The average molecular weight is 251 g/mol. The lowest BCUT2D eigenvalue weighted by Gasteiger charge is -2.05. The Morgan fingerprint density at radius 1 is 0.938 bits per heavy atom. The minimum atomic E-state index is 0.562. The molecule has 0 saturated carbocycles. The molecule has 0 saturated heterocycles. The van der Waals surface area contributed by atoms with Crippen molar-refractivity contribution in [3.05, 3.63) is 58.1 Å². The van der Waals surface area contributed by atoms with E-state index in [1.807, 2.05) is 18.2 Å². The Morgan fingerprint density at radius 2 is 1.62 bits per heavy atom. The Balaban J connectivity index is 2.48. The number of benzene rings is 2. The van der Waals surface area contributed by atoms with Crippen molar-refractivity contribution in [3.8, 4) is 11.1 Å². The first-order valence-corrected chi connectivity index (χ1v) is 5.47. The predicted molar refractivity (Wildman–Crippen MR) is 67.3 cm³/mol. The van der Waals surface area contributed by atoms with Gasteiger partial charge in [-0.15, -0.1) is 0 Å². The molecule has 0 aromatic heterocycles. The van der Waals surface area contributed by atoms with Gasteiger partial charge in [-0.3, -0.25) is 4.79 Å². The number of hydrogen-bond acceptors (Lipinski definition) is 1. The minimum Gasteiger partial charge on any atom is -0.298 e. The fraction of sp³-hybridized carbons (Fsp3) is 0. The molecule has 0 heterocycles. The van der Waals surface area contributed by atoms with Crippen LogP contribution in [0.1, 0.15) is 10.4 Å². The van der Waals surface area contributed by atoms with E-state index in [9.17, 15) is 4.79 Å². The van der Waals surface area contributed by atoms with Gasteiger partial charge < -0.3 is 0 Å². The Kier molecular flexibility index (Phi) is 3.28. The maximum absolute atomic E-state index is 10.6. The molecule has 2 aromatic carbocycles. The van der Waals surface area contributed by atoms with Crippen molar-refractivity contribution in [2.24, 2.45) is 0 Å². The fourth-order valence-electron chi connectivity index (χ4n) is 1.47. The van der Waals surface area contributed by atoms with Gasteiger partial charge in [0.05, 0.1) is 0 Å². The summed E-state index contributed by atoms with van der Waals surface area (Å²) in [6, 6.07) is 12.6. The zero-order valence-corrected chi connectivity index (χ0v) is 9.79. The first-order chi connectivity index (χ1) is 7.70. The molecule has 80 valence electrons. The van der Waals surface area contributed by atoms with Gasteiger partial charge >= 0.3 is 0 Å². The molecular weight excluding hydrogens is 243 g/mol. The van der Waals surface area contributed by atoms with Crippen molar-refractivity contribution in [2.45, 2.75) is 0 Å². The van der Waals surface area contributed by atoms with Gasteiger partial charge in [0, 0.05) is 21.2 Å². The molecule has 0 spiro atoms. The molecule has 0 bridgehead atoms. The molecule has 0 radical (unpaired) electrons. The van der Waals surface area contributed by atoms with Crippen LogP contribution in [-0.2, 0) is 0 Å². The summed E-state index contributed by atoms with van der Waals surface area (Å²) in [5.41, 5.74) is 2.44. The van der Waals surface area contributed by atoms with Crippen LogP contribution in [0.4, 0.5) is 0 Å². The van der Waals surface area contributed by atoms with Crippen LogP contribution in [0.25, 0.3) is 11.1 Å². The molecule has 0 aliphatic carbocycles. The number of aldehydes is 1. The van der Waals surface area contributed by atoms with Crippen molar-refractivity contribution in [1.82, 2.24) is 0 Å². The summed E-state index contributed by atoms with van der Waals surface area (Å²) in [5.74, 6) is 0. The molecule has 0 aliphatic rings. The molecule has 0 amide bonds. The van der Waals surface area contributed by atoms with E-state index in [1.54, 1.807) is 24.3 Å². The van der Waals surface area contributed by atoms with Crippen LogP contribution in [0.5, 0.6) is 0 Å². The Hall–Kier alpha value is -1.31. The smallest absolute Gasteiger partial charge is 0.150 e. The first-order valence-electron chi connectivity index (χ1n) is 4.71. The van der Waals surface area contributed by atoms with Crippen molar-refractivity contribution in [1.29, 1.82) is 0 Å². The molecule has 0 unspecified atom stereocenters. The second kappa shape index (κ2) is 4.69. The first kappa shape index (κ1) is 11.2. The minimum absolute atomic E-state index is 0.562. The Labute approximate surface area is 104 Å². The SMILES string of the molecule is O=Cc1ccc(-c2ccc(Cl)cc2)c(Cl)c1. The van der Waals surface area contributed by atoms with Gasteiger partial charge in [-0.05, 0) is 23.8 Å². The second-order valence-electron chi connectivity index (χ2n) is 3.36. The molecule has 0 aliphatic heterocycles. The van der Waals surface area contributed by atoms with Gasteiger partial charge in [0.15, 0.2) is 0 Å². The summed E-state index contributed by atoms with van der Waals surface area (Å²) in [5, 5.41) is 1.25. The van der Waals surface area contributed by atoms with Gasteiger partial charge in [-0.25, -0.2) is 0 Å². The van der Waals surface area contributed by atoms with E-state index in [0.717, 1.165) is 17.4 Å². The normalized spacial score (nSPS) is 10.1. The lowest BCUT2D eigenvalue weighted by atomic mass is 10.0. The molecule has 3 heteroatoms.